The number of nitrogens with zero attached hydrogens (tertiary/aromatic N) is 1. The fourth-order valence-electron chi connectivity index (χ4n) is 5.26. The molecule has 0 saturated carbocycles. The van der Waals surface area contributed by atoms with Gasteiger partial charge in [0.05, 0.1) is 24.8 Å². The van der Waals surface area contributed by atoms with Gasteiger partial charge in [0.2, 0.25) is 0 Å². The van der Waals surface area contributed by atoms with Crippen molar-refractivity contribution >= 4 is 24.2 Å². The van der Waals surface area contributed by atoms with E-state index in [2.05, 4.69) is 49.1 Å². The molecule has 0 spiro atoms. The molecule has 2 aliphatic rings. The molecule has 0 aromatic heterocycles. The molecule has 35 heavy (non-hydrogen) atoms. The van der Waals surface area contributed by atoms with Crippen LogP contribution in [0.4, 0.5) is 0 Å². The van der Waals surface area contributed by atoms with Crippen molar-refractivity contribution in [2.45, 2.75) is 88.1 Å². The number of ether oxygens (including phenoxy) is 3. The van der Waals surface area contributed by atoms with Gasteiger partial charge < -0.3 is 19.3 Å². The molecule has 2 aromatic carbocycles. The zero-order valence-corrected chi connectivity index (χ0v) is 23.1. The summed E-state index contributed by atoms with van der Waals surface area (Å²) >= 11 is 1.86. The summed E-state index contributed by atoms with van der Waals surface area (Å²) in [5.41, 5.74) is 2.53. The molecular formula is C28H40ClNO4S. The molecule has 0 aliphatic carbocycles. The number of hydrogen-bond donors (Lipinski definition) is 1. The standard InChI is InChI=1S/C28H39NO4S.ClH/c1-5-28(6-2)33-25-16-11-21(18-27(25)34-28)23-14-13-22(29(23)19-30)12-9-20-10-15-24(31-7-3)26(17-20)32-8-4;/h10-11,15-18,22-23,30H,5-9,12-14,19H2,1-4H3;1H. The maximum atomic E-state index is 10.3. The molecule has 5 nitrogen and oxygen atoms in total. The number of rotatable bonds is 11. The molecule has 0 amide bonds. The van der Waals surface area contributed by atoms with Crippen LogP contribution in [0.3, 0.4) is 0 Å². The van der Waals surface area contributed by atoms with E-state index in [9.17, 15) is 5.11 Å². The predicted molar refractivity (Wildman–Crippen MR) is 145 cm³/mol. The van der Waals surface area contributed by atoms with Gasteiger partial charge in [0.1, 0.15) is 5.75 Å². The van der Waals surface area contributed by atoms with Gasteiger partial charge in [-0.25, -0.2) is 0 Å². The van der Waals surface area contributed by atoms with E-state index in [1.807, 2.05) is 31.7 Å². The molecule has 4 rings (SSSR count). The van der Waals surface area contributed by atoms with E-state index in [0.29, 0.717) is 19.3 Å². The Morgan fingerprint density at radius 3 is 2.43 bits per heavy atom. The van der Waals surface area contributed by atoms with Crippen molar-refractivity contribution in [2.75, 3.05) is 19.9 Å². The van der Waals surface area contributed by atoms with Crippen LogP contribution < -0.4 is 14.2 Å². The van der Waals surface area contributed by atoms with E-state index in [4.69, 9.17) is 14.2 Å². The number of thioether (sulfide) groups is 1. The van der Waals surface area contributed by atoms with Crippen LogP contribution in [0.1, 0.15) is 77.0 Å². The molecular weight excluding hydrogens is 482 g/mol. The van der Waals surface area contributed by atoms with Gasteiger partial charge in [0, 0.05) is 12.1 Å². The van der Waals surface area contributed by atoms with E-state index < -0.39 is 0 Å². The molecule has 0 bridgehead atoms. The molecule has 2 aromatic rings. The van der Waals surface area contributed by atoms with Crippen LogP contribution in [-0.4, -0.2) is 40.9 Å². The molecule has 0 radical (unpaired) electrons. The lowest BCUT2D eigenvalue weighted by molar-refractivity contribution is 0.0595. The summed E-state index contributed by atoms with van der Waals surface area (Å²) in [7, 11) is 0. The summed E-state index contributed by atoms with van der Waals surface area (Å²) in [5.74, 6) is 2.63. The average molecular weight is 522 g/mol. The maximum Gasteiger partial charge on any atom is 0.161 e. The van der Waals surface area contributed by atoms with Crippen molar-refractivity contribution in [1.82, 2.24) is 4.90 Å². The van der Waals surface area contributed by atoms with Gasteiger partial charge in [-0.1, -0.05) is 37.7 Å². The number of halogens is 1. The molecule has 1 saturated heterocycles. The van der Waals surface area contributed by atoms with E-state index in [1.165, 1.54) is 16.0 Å². The van der Waals surface area contributed by atoms with Gasteiger partial charge >= 0.3 is 0 Å². The third kappa shape index (κ3) is 6.04. The van der Waals surface area contributed by atoms with Crippen LogP contribution in [0.2, 0.25) is 0 Å². The topological polar surface area (TPSA) is 51.2 Å². The lowest BCUT2D eigenvalue weighted by atomic mass is 10.0. The first-order valence-corrected chi connectivity index (χ1v) is 13.6. The number of aryl methyl sites for hydroxylation is 1. The third-order valence-electron chi connectivity index (χ3n) is 7.20. The Labute approximate surface area is 220 Å². The van der Waals surface area contributed by atoms with Crippen molar-refractivity contribution in [3.05, 3.63) is 47.5 Å². The fourth-order valence-corrected chi connectivity index (χ4v) is 6.49. The minimum atomic E-state index is -0.131. The number of aliphatic hydroxyl groups excluding tert-OH is 1. The number of fused-ring (bicyclic) bond motifs is 1. The smallest absolute Gasteiger partial charge is 0.161 e. The summed E-state index contributed by atoms with van der Waals surface area (Å²) in [5, 5.41) is 10.3. The van der Waals surface area contributed by atoms with E-state index in [-0.39, 0.29) is 30.1 Å². The van der Waals surface area contributed by atoms with Gasteiger partial charge in [0.25, 0.3) is 0 Å². The van der Waals surface area contributed by atoms with Crippen molar-refractivity contribution < 1.29 is 19.3 Å². The molecule has 2 atom stereocenters. The van der Waals surface area contributed by atoms with Gasteiger partial charge in [-0.05, 0) is 87.8 Å². The molecule has 1 N–H and O–H groups in total. The zero-order chi connectivity index (χ0) is 24.1. The second-order valence-corrected chi connectivity index (χ2v) is 10.5. The molecule has 194 valence electrons. The normalized spacial score (nSPS) is 20.7. The monoisotopic (exact) mass is 521 g/mol. The quantitative estimate of drug-likeness (QED) is 0.343. The number of hydrogen-bond acceptors (Lipinski definition) is 6. The Kier molecular flexibility index (Phi) is 10.1. The first-order valence-electron chi connectivity index (χ1n) is 12.8. The molecule has 2 aliphatic heterocycles. The lowest BCUT2D eigenvalue weighted by Crippen LogP contribution is -2.32. The van der Waals surface area contributed by atoms with Crippen molar-refractivity contribution in [1.29, 1.82) is 0 Å². The molecule has 1 fully saturated rings. The van der Waals surface area contributed by atoms with Gasteiger partial charge in [0.15, 0.2) is 16.4 Å². The van der Waals surface area contributed by atoms with Crippen LogP contribution in [0.15, 0.2) is 41.3 Å². The third-order valence-corrected chi connectivity index (χ3v) is 8.77. The number of aliphatic hydroxyl groups is 1. The predicted octanol–water partition coefficient (Wildman–Crippen LogP) is 6.99. The molecule has 7 heteroatoms. The fraction of sp³-hybridized carbons (Fsp3) is 0.571. The van der Waals surface area contributed by atoms with E-state index in [0.717, 1.165) is 55.8 Å². The second kappa shape index (κ2) is 12.6. The van der Waals surface area contributed by atoms with Gasteiger partial charge in [-0.15, -0.1) is 12.4 Å². The van der Waals surface area contributed by atoms with Crippen LogP contribution in [0.25, 0.3) is 0 Å². The number of benzene rings is 2. The zero-order valence-electron chi connectivity index (χ0n) is 21.4. The Hall–Kier alpha value is -1.60. The van der Waals surface area contributed by atoms with E-state index >= 15 is 0 Å². The molecule has 2 heterocycles. The Bertz CT molecular complexity index is 968. The lowest BCUT2D eigenvalue weighted by Gasteiger charge is -2.28. The maximum absolute atomic E-state index is 10.3. The van der Waals surface area contributed by atoms with Gasteiger partial charge in [-0.2, -0.15) is 0 Å². The second-order valence-electron chi connectivity index (χ2n) is 9.12. The summed E-state index contributed by atoms with van der Waals surface area (Å²) < 4.78 is 17.8. The van der Waals surface area contributed by atoms with Crippen LogP contribution >= 0.6 is 24.2 Å². The largest absolute Gasteiger partial charge is 0.490 e. The highest BCUT2D eigenvalue weighted by Gasteiger charge is 2.39. The number of likely N-dealkylation sites (tertiary alicyclic amines) is 1. The Morgan fingerprint density at radius 2 is 1.74 bits per heavy atom. The summed E-state index contributed by atoms with van der Waals surface area (Å²) in [4.78, 5) is 3.38. The average Bonchev–Trinajstić information content (AvgIpc) is 3.45. The van der Waals surface area contributed by atoms with Crippen LogP contribution in [-0.2, 0) is 6.42 Å². The first-order chi connectivity index (χ1) is 16.6. The highest BCUT2D eigenvalue weighted by molar-refractivity contribution is 8.00. The summed E-state index contributed by atoms with van der Waals surface area (Å²) in [6.07, 6.45) is 6.09. The SMILES string of the molecule is CCOc1ccc(CCC2CCC(c3ccc4c(c3)SC(CC)(CC)O4)N2CO)cc1OCC.Cl. The minimum absolute atomic E-state index is 0. The Balaban J connectivity index is 0.00000342. The highest BCUT2D eigenvalue weighted by Crippen LogP contribution is 2.52. The molecule has 2 unspecified atom stereocenters. The van der Waals surface area contributed by atoms with Crippen molar-refractivity contribution in [3.63, 3.8) is 0 Å². The summed E-state index contributed by atoms with van der Waals surface area (Å²) in [6, 6.07) is 13.5. The van der Waals surface area contributed by atoms with Crippen LogP contribution in [0.5, 0.6) is 17.2 Å². The summed E-state index contributed by atoms with van der Waals surface area (Å²) in [6.45, 7) is 9.69. The van der Waals surface area contributed by atoms with Crippen molar-refractivity contribution in [3.8, 4) is 17.2 Å². The van der Waals surface area contributed by atoms with Gasteiger partial charge in [-0.3, -0.25) is 4.90 Å². The Morgan fingerprint density at radius 1 is 1.00 bits per heavy atom. The highest BCUT2D eigenvalue weighted by atomic mass is 35.5. The van der Waals surface area contributed by atoms with Crippen molar-refractivity contribution in [2.24, 2.45) is 0 Å². The minimum Gasteiger partial charge on any atom is -0.490 e. The van der Waals surface area contributed by atoms with E-state index in [1.54, 1.807) is 0 Å². The van der Waals surface area contributed by atoms with Crippen LogP contribution in [0, 0.1) is 0 Å². The first kappa shape index (κ1) is 28.0.